The molecule has 0 spiro atoms. The fourth-order valence-corrected chi connectivity index (χ4v) is 2.39. The highest BCUT2D eigenvalue weighted by molar-refractivity contribution is 7.98. The normalized spacial score (nSPS) is 11.1. The standard InChI is InChI=1S/C13H11N3O2S/c1-7-10-11(8-3-5-9(19-2)6-4-8)14-15-13(17)12(10)16-18-7/h3-6H,1-2H3,(H,15,17). The van der Waals surface area contributed by atoms with Crippen molar-refractivity contribution in [1.82, 2.24) is 15.4 Å². The van der Waals surface area contributed by atoms with Crippen LogP contribution in [0.5, 0.6) is 0 Å². The summed E-state index contributed by atoms with van der Waals surface area (Å²) in [6.07, 6.45) is 2.02. The van der Waals surface area contributed by atoms with Crippen LogP contribution in [-0.4, -0.2) is 21.6 Å². The molecule has 19 heavy (non-hydrogen) atoms. The van der Waals surface area contributed by atoms with Crippen molar-refractivity contribution >= 4 is 22.7 Å². The minimum absolute atomic E-state index is 0.288. The van der Waals surface area contributed by atoms with Gasteiger partial charge in [-0.15, -0.1) is 11.8 Å². The minimum atomic E-state index is -0.337. The lowest BCUT2D eigenvalue weighted by Crippen LogP contribution is -2.09. The summed E-state index contributed by atoms with van der Waals surface area (Å²) in [6.45, 7) is 1.77. The van der Waals surface area contributed by atoms with Crippen molar-refractivity contribution in [2.24, 2.45) is 0 Å². The number of aromatic amines is 1. The monoisotopic (exact) mass is 273 g/mol. The Morgan fingerprint density at radius 3 is 2.68 bits per heavy atom. The van der Waals surface area contributed by atoms with Crippen molar-refractivity contribution < 1.29 is 4.52 Å². The summed E-state index contributed by atoms with van der Waals surface area (Å²) in [5.74, 6) is 0.595. The van der Waals surface area contributed by atoms with Crippen LogP contribution in [0.3, 0.4) is 0 Å². The van der Waals surface area contributed by atoms with E-state index < -0.39 is 0 Å². The Hall–Kier alpha value is -2.08. The molecule has 96 valence electrons. The van der Waals surface area contributed by atoms with Gasteiger partial charge < -0.3 is 4.52 Å². The Kier molecular flexibility index (Phi) is 2.87. The first kappa shape index (κ1) is 12.0. The lowest BCUT2D eigenvalue weighted by atomic mass is 10.1. The molecule has 0 atom stereocenters. The summed E-state index contributed by atoms with van der Waals surface area (Å²) in [4.78, 5) is 12.8. The number of thioether (sulfide) groups is 1. The molecule has 0 aliphatic heterocycles. The van der Waals surface area contributed by atoms with Gasteiger partial charge in [-0.3, -0.25) is 4.79 Å². The van der Waals surface area contributed by atoms with Gasteiger partial charge in [0.2, 0.25) is 0 Å². The summed E-state index contributed by atoms with van der Waals surface area (Å²) in [5, 5.41) is 11.0. The van der Waals surface area contributed by atoms with Gasteiger partial charge in [0, 0.05) is 10.5 Å². The van der Waals surface area contributed by atoms with Crippen molar-refractivity contribution in [3.63, 3.8) is 0 Å². The summed E-state index contributed by atoms with van der Waals surface area (Å²) in [7, 11) is 0. The maximum Gasteiger partial charge on any atom is 0.294 e. The summed E-state index contributed by atoms with van der Waals surface area (Å²) in [6, 6.07) is 7.97. The maximum atomic E-state index is 11.6. The van der Waals surface area contributed by atoms with Gasteiger partial charge in [0.05, 0.1) is 5.39 Å². The molecule has 6 heteroatoms. The quantitative estimate of drug-likeness (QED) is 0.727. The van der Waals surface area contributed by atoms with Gasteiger partial charge in [0.25, 0.3) is 5.56 Å². The number of hydrogen-bond acceptors (Lipinski definition) is 5. The molecule has 2 heterocycles. The van der Waals surface area contributed by atoms with E-state index >= 15 is 0 Å². The molecule has 3 aromatic rings. The first-order valence-electron chi connectivity index (χ1n) is 5.70. The average Bonchev–Trinajstić information content (AvgIpc) is 2.83. The molecule has 0 aliphatic carbocycles. The number of nitrogens with one attached hydrogen (secondary N) is 1. The van der Waals surface area contributed by atoms with Crippen LogP contribution in [0, 0.1) is 6.92 Å². The van der Waals surface area contributed by atoms with Crippen molar-refractivity contribution in [3.8, 4) is 11.3 Å². The smallest absolute Gasteiger partial charge is 0.294 e. The van der Waals surface area contributed by atoms with Crippen molar-refractivity contribution in [1.29, 1.82) is 0 Å². The second kappa shape index (κ2) is 4.55. The van der Waals surface area contributed by atoms with Gasteiger partial charge in [-0.2, -0.15) is 5.10 Å². The summed E-state index contributed by atoms with van der Waals surface area (Å²) < 4.78 is 5.09. The Balaban J connectivity index is 2.27. The predicted molar refractivity (Wildman–Crippen MR) is 74.4 cm³/mol. The van der Waals surface area contributed by atoms with Gasteiger partial charge in [-0.1, -0.05) is 17.3 Å². The first-order chi connectivity index (χ1) is 9.20. The van der Waals surface area contributed by atoms with E-state index in [2.05, 4.69) is 15.4 Å². The number of rotatable bonds is 2. The highest BCUT2D eigenvalue weighted by Gasteiger charge is 2.15. The highest BCUT2D eigenvalue weighted by atomic mass is 32.2. The van der Waals surface area contributed by atoms with Crippen LogP contribution in [0.2, 0.25) is 0 Å². The number of aromatic nitrogens is 3. The average molecular weight is 273 g/mol. The number of nitrogens with zero attached hydrogens (tertiary/aromatic N) is 2. The van der Waals surface area contributed by atoms with E-state index in [9.17, 15) is 4.79 Å². The summed E-state index contributed by atoms with van der Waals surface area (Å²) in [5.41, 5.74) is 1.55. The zero-order valence-electron chi connectivity index (χ0n) is 10.4. The van der Waals surface area contributed by atoms with Crippen molar-refractivity contribution in [2.75, 3.05) is 6.26 Å². The van der Waals surface area contributed by atoms with E-state index in [0.717, 1.165) is 5.56 Å². The molecule has 3 rings (SSSR count). The van der Waals surface area contributed by atoms with Gasteiger partial charge in [0.1, 0.15) is 11.5 Å². The van der Waals surface area contributed by atoms with Crippen molar-refractivity contribution in [2.45, 2.75) is 11.8 Å². The molecule has 0 bridgehead atoms. The van der Waals surface area contributed by atoms with Gasteiger partial charge in [0.15, 0.2) is 5.52 Å². The molecular weight excluding hydrogens is 262 g/mol. The zero-order valence-corrected chi connectivity index (χ0v) is 11.2. The molecule has 0 aliphatic rings. The topological polar surface area (TPSA) is 71.8 Å². The lowest BCUT2D eigenvalue weighted by molar-refractivity contribution is 0.405. The van der Waals surface area contributed by atoms with Gasteiger partial charge in [-0.05, 0) is 25.3 Å². The molecule has 0 unspecified atom stereocenters. The van der Waals surface area contributed by atoms with Gasteiger partial charge >= 0.3 is 0 Å². The third kappa shape index (κ3) is 1.94. The second-order valence-electron chi connectivity index (χ2n) is 4.09. The van der Waals surface area contributed by atoms with Crippen LogP contribution in [0.25, 0.3) is 22.2 Å². The molecule has 2 aromatic heterocycles. The van der Waals surface area contributed by atoms with Crippen LogP contribution in [0.15, 0.2) is 38.5 Å². The van der Waals surface area contributed by atoms with E-state index in [1.54, 1.807) is 18.7 Å². The SMILES string of the molecule is CSc1ccc(-c2n[nH]c(=O)c3noc(C)c23)cc1. The zero-order chi connectivity index (χ0) is 13.4. The van der Waals surface area contributed by atoms with E-state index in [1.807, 2.05) is 30.5 Å². The minimum Gasteiger partial charge on any atom is -0.360 e. The highest BCUT2D eigenvalue weighted by Crippen LogP contribution is 2.27. The number of H-pyrrole nitrogens is 1. The number of fused-ring (bicyclic) bond motifs is 1. The predicted octanol–water partition coefficient (Wildman–Crippen LogP) is 2.61. The Bertz CT molecular complexity index is 790. The Morgan fingerprint density at radius 1 is 1.26 bits per heavy atom. The molecule has 1 aromatic carbocycles. The number of benzene rings is 1. The van der Waals surface area contributed by atoms with Crippen LogP contribution in [-0.2, 0) is 0 Å². The molecule has 0 saturated heterocycles. The largest absolute Gasteiger partial charge is 0.360 e. The van der Waals surface area contributed by atoms with Crippen LogP contribution in [0.1, 0.15) is 5.76 Å². The van der Waals surface area contributed by atoms with E-state index in [0.29, 0.717) is 16.8 Å². The Morgan fingerprint density at radius 2 is 2.00 bits per heavy atom. The fraction of sp³-hybridized carbons (Fsp3) is 0.154. The molecule has 0 fully saturated rings. The molecule has 0 amide bonds. The maximum absolute atomic E-state index is 11.6. The van der Waals surface area contributed by atoms with Crippen molar-refractivity contribution in [3.05, 3.63) is 40.4 Å². The van der Waals surface area contributed by atoms with Crippen LogP contribution in [0.4, 0.5) is 0 Å². The third-order valence-electron chi connectivity index (χ3n) is 2.95. The van der Waals surface area contributed by atoms with Crippen LogP contribution >= 0.6 is 11.8 Å². The van der Waals surface area contributed by atoms with Crippen LogP contribution < -0.4 is 5.56 Å². The molecule has 1 N–H and O–H groups in total. The first-order valence-corrected chi connectivity index (χ1v) is 6.92. The van der Waals surface area contributed by atoms with E-state index in [-0.39, 0.29) is 11.1 Å². The Labute approximate surface area is 113 Å². The van der Waals surface area contributed by atoms with E-state index in [1.165, 1.54) is 4.90 Å². The lowest BCUT2D eigenvalue weighted by Gasteiger charge is -2.02. The number of aryl methyl sites for hydroxylation is 1. The third-order valence-corrected chi connectivity index (χ3v) is 3.69. The molecular formula is C13H11N3O2S. The van der Waals surface area contributed by atoms with E-state index in [4.69, 9.17) is 4.52 Å². The summed E-state index contributed by atoms with van der Waals surface area (Å²) >= 11 is 1.67. The fourth-order valence-electron chi connectivity index (χ4n) is 1.98. The van der Waals surface area contributed by atoms with Gasteiger partial charge in [-0.25, -0.2) is 5.10 Å². The molecule has 0 radical (unpaired) electrons. The molecule has 0 saturated carbocycles. The number of hydrogen-bond donors (Lipinski definition) is 1. The molecule has 5 nitrogen and oxygen atoms in total. The second-order valence-corrected chi connectivity index (χ2v) is 4.97.